The van der Waals surface area contributed by atoms with Crippen molar-refractivity contribution in [3.8, 4) is 0 Å². The van der Waals surface area contributed by atoms with Gasteiger partial charge in [0.05, 0.1) is 6.54 Å². The van der Waals surface area contributed by atoms with Gasteiger partial charge in [0.15, 0.2) is 5.82 Å². The number of ketones is 1. The fourth-order valence-electron chi connectivity index (χ4n) is 2.21. The molecule has 0 spiro atoms. The van der Waals surface area contributed by atoms with Crippen LogP contribution in [0.3, 0.4) is 0 Å². The molecule has 2 rings (SSSR count). The molecule has 0 aliphatic heterocycles. The highest BCUT2D eigenvalue weighted by molar-refractivity contribution is 5.79. The SMILES string of the molecule is CCc1noc(CN(C)C2CCC(=O)CC2)n1. The van der Waals surface area contributed by atoms with Crippen LogP contribution in [-0.4, -0.2) is 33.9 Å². The van der Waals surface area contributed by atoms with E-state index in [2.05, 4.69) is 22.1 Å². The number of Topliss-reactive ketones (excluding diaryl/α,β-unsaturated/α-hetero) is 1. The third-order valence-corrected chi connectivity index (χ3v) is 3.35. The highest BCUT2D eigenvalue weighted by atomic mass is 16.5. The Morgan fingerprint density at radius 1 is 1.41 bits per heavy atom. The second kappa shape index (κ2) is 5.40. The molecular weight excluding hydrogens is 218 g/mol. The van der Waals surface area contributed by atoms with Gasteiger partial charge in [-0.3, -0.25) is 9.69 Å². The van der Waals surface area contributed by atoms with Crippen LogP contribution in [-0.2, 0) is 17.8 Å². The summed E-state index contributed by atoms with van der Waals surface area (Å²) in [7, 11) is 2.05. The van der Waals surface area contributed by atoms with Crippen LogP contribution in [0.25, 0.3) is 0 Å². The Morgan fingerprint density at radius 2 is 2.12 bits per heavy atom. The smallest absolute Gasteiger partial charge is 0.240 e. The van der Waals surface area contributed by atoms with Crippen LogP contribution >= 0.6 is 0 Å². The van der Waals surface area contributed by atoms with Crippen LogP contribution < -0.4 is 0 Å². The Morgan fingerprint density at radius 3 is 2.71 bits per heavy atom. The molecule has 1 aliphatic rings. The molecule has 0 N–H and O–H groups in total. The Labute approximate surface area is 101 Å². The predicted molar refractivity (Wildman–Crippen MR) is 62.4 cm³/mol. The summed E-state index contributed by atoms with van der Waals surface area (Å²) in [5, 5.41) is 3.88. The zero-order chi connectivity index (χ0) is 12.3. The lowest BCUT2D eigenvalue weighted by atomic mass is 9.93. The first kappa shape index (κ1) is 12.2. The number of carbonyl (C=O) groups is 1. The molecule has 1 aromatic heterocycles. The van der Waals surface area contributed by atoms with Gasteiger partial charge in [-0.1, -0.05) is 12.1 Å². The molecule has 0 bridgehead atoms. The van der Waals surface area contributed by atoms with Crippen molar-refractivity contribution in [1.82, 2.24) is 15.0 Å². The molecule has 0 unspecified atom stereocenters. The maximum atomic E-state index is 11.2. The standard InChI is InChI=1S/C12H19N3O2/c1-3-11-13-12(17-14-11)8-15(2)9-4-6-10(16)7-5-9/h9H,3-8H2,1-2H3. The predicted octanol–water partition coefficient (Wildman–Crippen LogP) is 1.58. The van der Waals surface area contributed by atoms with Crippen LogP contribution in [0.4, 0.5) is 0 Å². The Bertz CT molecular complexity index is 379. The molecule has 0 radical (unpaired) electrons. The van der Waals surface area contributed by atoms with E-state index in [1.807, 2.05) is 6.92 Å². The molecule has 0 saturated heterocycles. The van der Waals surface area contributed by atoms with E-state index < -0.39 is 0 Å². The number of rotatable bonds is 4. The van der Waals surface area contributed by atoms with E-state index >= 15 is 0 Å². The second-order valence-corrected chi connectivity index (χ2v) is 4.64. The van der Waals surface area contributed by atoms with Gasteiger partial charge >= 0.3 is 0 Å². The first-order valence-corrected chi connectivity index (χ1v) is 6.22. The maximum absolute atomic E-state index is 11.2. The first-order chi connectivity index (χ1) is 8.19. The summed E-state index contributed by atoms with van der Waals surface area (Å²) in [5.41, 5.74) is 0. The van der Waals surface area contributed by atoms with Crippen LogP contribution in [0.1, 0.15) is 44.3 Å². The summed E-state index contributed by atoms with van der Waals surface area (Å²) in [6.45, 7) is 2.68. The van der Waals surface area contributed by atoms with E-state index in [0.717, 1.165) is 25.1 Å². The summed E-state index contributed by atoms with van der Waals surface area (Å²) in [4.78, 5) is 17.7. The Kier molecular flexibility index (Phi) is 3.89. The van der Waals surface area contributed by atoms with Gasteiger partial charge in [0.25, 0.3) is 0 Å². The third-order valence-electron chi connectivity index (χ3n) is 3.35. The van der Waals surface area contributed by atoms with Crippen molar-refractivity contribution in [1.29, 1.82) is 0 Å². The summed E-state index contributed by atoms with van der Waals surface area (Å²) in [6, 6.07) is 0.463. The van der Waals surface area contributed by atoms with E-state index in [4.69, 9.17) is 4.52 Å². The van der Waals surface area contributed by atoms with Gasteiger partial charge in [-0.05, 0) is 19.9 Å². The second-order valence-electron chi connectivity index (χ2n) is 4.64. The minimum atomic E-state index is 0.390. The molecule has 1 aliphatic carbocycles. The van der Waals surface area contributed by atoms with Crippen LogP contribution in [0.2, 0.25) is 0 Å². The van der Waals surface area contributed by atoms with E-state index in [0.29, 0.717) is 37.1 Å². The van der Waals surface area contributed by atoms with E-state index in [1.165, 1.54) is 0 Å². The molecule has 94 valence electrons. The molecule has 1 saturated carbocycles. The van der Waals surface area contributed by atoms with Crippen molar-refractivity contribution < 1.29 is 9.32 Å². The number of aryl methyl sites for hydroxylation is 1. The van der Waals surface area contributed by atoms with E-state index in [1.54, 1.807) is 0 Å². The molecule has 1 aromatic rings. The minimum Gasteiger partial charge on any atom is -0.338 e. The fourth-order valence-corrected chi connectivity index (χ4v) is 2.21. The van der Waals surface area contributed by atoms with Crippen molar-refractivity contribution in [3.05, 3.63) is 11.7 Å². The quantitative estimate of drug-likeness (QED) is 0.795. The van der Waals surface area contributed by atoms with Crippen LogP contribution in [0, 0.1) is 0 Å². The monoisotopic (exact) mass is 237 g/mol. The summed E-state index contributed by atoms with van der Waals surface area (Å²) in [6.07, 6.45) is 4.11. The van der Waals surface area contributed by atoms with E-state index in [9.17, 15) is 4.79 Å². The van der Waals surface area contributed by atoms with Gasteiger partial charge < -0.3 is 4.52 Å². The zero-order valence-corrected chi connectivity index (χ0v) is 10.5. The molecule has 1 fully saturated rings. The Hall–Kier alpha value is -1.23. The molecule has 0 aromatic carbocycles. The third kappa shape index (κ3) is 3.12. The average Bonchev–Trinajstić information content (AvgIpc) is 2.77. The van der Waals surface area contributed by atoms with Gasteiger partial charge in [0.1, 0.15) is 5.78 Å². The van der Waals surface area contributed by atoms with E-state index in [-0.39, 0.29) is 0 Å². The number of nitrogens with zero attached hydrogens (tertiary/aromatic N) is 3. The van der Waals surface area contributed by atoms with Gasteiger partial charge in [-0.25, -0.2) is 0 Å². The lowest BCUT2D eigenvalue weighted by Gasteiger charge is -2.29. The number of aromatic nitrogens is 2. The van der Waals surface area contributed by atoms with Gasteiger partial charge in [0, 0.05) is 25.3 Å². The number of carbonyl (C=O) groups excluding carboxylic acids is 1. The number of hydrogen-bond donors (Lipinski definition) is 0. The van der Waals surface area contributed by atoms with Gasteiger partial charge in [0.2, 0.25) is 5.89 Å². The lowest BCUT2D eigenvalue weighted by molar-refractivity contribution is -0.121. The van der Waals surface area contributed by atoms with Gasteiger partial charge in [-0.15, -0.1) is 0 Å². The molecule has 5 nitrogen and oxygen atoms in total. The minimum absolute atomic E-state index is 0.390. The fraction of sp³-hybridized carbons (Fsp3) is 0.750. The zero-order valence-electron chi connectivity index (χ0n) is 10.5. The van der Waals surface area contributed by atoms with Gasteiger partial charge in [-0.2, -0.15) is 4.98 Å². The molecule has 1 heterocycles. The van der Waals surface area contributed by atoms with Crippen LogP contribution in [0.15, 0.2) is 4.52 Å². The highest BCUT2D eigenvalue weighted by Gasteiger charge is 2.23. The average molecular weight is 237 g/mol. The molecule has 17 heavy (non-hydrogen) atoms. The maximum Gasteiger partial charge on any atom is 0.240 e. The van der Waals surface area contributed by atoms with Crippen molar-refractivity contribution in [2.24, 2.45) is 0 Å². The van der Waals surface area contributed by atoms with Crippen molar-refractivity contribution in [2.45, 2.75) is 51.6 Å². The van der Waals surface area contributed by atoms with Crippen molar-refractivity contribution >= 4 is 5.78 Å². The normalized spacial score (nSPS) is 17.9. The topological polar surface area (TPSA) is 59.2 Å². The van der Waals surface area contributed by atoms with Crippen molar-refractivity contribution in [3.63, 3.8) is 0 Å². The molecule has 0 amide bonds. The molecule has 0 atom stereocenters. The lowest BCUT2D eigenvalue weighted by Crippen LogP contribution is -2.34. The number of hydrogen-bond acceptors (Lipinski definition) is 5. The molecule has 5 heteroatoms. The highest BCUT2D eigenvalue weighted by Crippen LogP contribution is 2.20. The summed E-state index contributed by atoms with van der Waals surface area (Å²) in [5.74, 6) is 1.81. The molecular formula is C12H19N3O2. The van der Waals surface area contributed by atoms with Crippen molar-refractivity contribution in [2.75, 3.05) is 7.05 Å². The van der Waals surface area contributed by atoms with Crippen LogP contribution in [0.5, 0.6) is 0 Å². The largest absolute Gasteiger partial charge is 0.338 e. The Balaban J connectivity index is 1.87. The first-order valence-electron chi connectivity index (χ1n) is 6.22. The summed E-state index contributed by atoms with van der Waals surface area (Å²) < 4.78 is 5.17. The summed E-state index contributed by atoms with van der Waals surface area (Å²) >= 11 is 0.